The van der Waals surface area contributed by atoms with E-state index in [0.717, 1.165) is 13.0 Å². The lowest BCUT2D eigenvalue weighted by Crippen LogP contribution is -2.51. The summed E-state index contributed by atoms with van der Waals surface area (Å²) in [6, 6.07) is 0. The van der Waals surface area contributed by atoms with Crippen LogP contribution in [0.5, 0.6) is 0 Å². The second-order valence-corrected chi connectivity index (χ2v) is 10.6. The third-order valence-electron chi connectivity index (χ3n) is 3.39. The predicted octanol–water partition coefficient (Wildman–Crippen LogP) is 0.516. The second-order valence-electron chi connectivity index (χ2n) is 5.01. The number of nitrogens with zero attached hydrogens (tertiary/aromatic N) is 1. The van der Waals surface area contributed by atoms with E-state index in [1.165, 1.54) is 16.1 Å². The van der Waals surface area contributed by atoms with Gasteiger partial charge in [0.2, 0.25) is 10.0 Å². The molecule has 1 atom stereocenters. The van der Waals surface area contributed by atoms with Crippen LogP contribution in [0, 0.1) is 0 Å². The van der Waals surface area contributed by atoms with Crippen molar-refractivity contribution in [2.24, 2.45) is 0 Å². The molecule has 1 heterocycles. The van der Waals surface area contributed by atoms with Gasteiger partial charge in [-0.15, -0.1) is 0 Å². The van der Waals surface area contributed by atoms with Gasteiger partial charge < -0.3 is 5.32 Å². The Labute approximate surface area is 133 Å². The van der Waals surface area contributed by atoms with Crippen LogP contribution in [0.2, 0.25) is 0 Å². The molecule has 1 N–H and O–H groups in total. The molecule has 0 aromatic heterocycles. The van der Waals surface area contributed by atoms with Gasteiger partial charge >= 0.3 is 0 Å². The minimum Gasteiger partial charge on any atom is -0.317 e. The largest absolute Gasteiger partial charge is 0.317 e. The van der Waals surface area contributed by atoms with Gasteiger partial charge in [-0.3, -0.25) is 0 Å². The maximum atomic E-state index is 12.4. The fraction of sp³-hybridized carbons (Fsp3) is 1.00. The van der Waals surface area contributed by atoms with E-state index in [9.17, 15) is 16.8 Å². The number of nitrogens with one attached hydrogen (secondary N) is 1. The smallest absolute Gasteiger partial charge is 0.215 e. The normalized spacial score (nSPS) is 21.5. The van der Waals surface area contributed by atoms with E-state index in [4.69, 9.17) is 0 Å². The topological polar surface area (TPSA) is 83.6 Å². The Hall–Kier alpha value is 0.170. The van der Waals surface area contributed by atoms with Crippen LogP contribution in [0.3, 0.4) is 0 Å². The molecular formula is C12H26N2O4S3. The van der Waals surface area contributed by atoms with Gasteiger partial charge in [-0.25, -0.2) is 16.8 Å². The van der Waals surface area contributed by atoms with Gasteiger partial charge in [0.1, 0.15) is 5.37 Å². The van der Waals surface area contributed by atoms with E-state index < -0.39 is 25.2 Å². The van der Waals surface area contributed by atoms with Crippen molar-refractivity contribution < 1.29 is 16.8 Å². The molecule has 0 saturated carbocycles. The lowest BCUT2D eigenvalue weighted by molar-refractivity contribution is 0.403. The first-order valence-corrected chi connectivity index (χ1v) is 11.8. The zero-order valence-corrected chi connectivity index (χ0v) is 15.2. The first-order chi connectivity index (χ1) is 9.85. The molecule has 0 radical (unpaired) electrons. The number of sulfone groups is 1. The first kappa shape index (κ1) is 19.2. The van der Waals surface area contributed by atoms with Crippen molar-refractivity contribution in [3.8, 4) is 0 Å². The van der Waals surface area contributed by atoms with Gasteiger partial charge in [0.25, 0.3) is 0 Å². The summed E-state index contributed by atoms with van der Waals surface area (Å²) in [7, 11) is -6.89. The average Bonchev–Trinajstić information content (AvgIpc) is 2.47. The van der Waals surface area contributed by atoms with E-state index in [2.05, 4.69) is 12.2 Å². The Morgan fingerprint density at radius 3 is 2.52 bits per heavy atom. The van der Waals surface area contributed by atoms with Gasteiger partial charge in [0, 0.05) is 23.8 Å². The summed E-state index contributed by atoms with van der Waals surface area (Å²) in [5.74, 6) is 0.971. The molecule has 126 valence electrons. The Morgan fingerprint density at radius 2 is 1.90 bits per heavy atom. The minimum atomic E-state index is -3.51. The molecule has 1 aliphatic rings. The van der Waals surface area contributed by atoms with Gasteiger partial charge in [-0.1, -0.05) is 13.8 Å². The van der Waals surface area contributed by atoms with Crippen LogP contribution < -0.4 is 5.32 Å². The molecule has 9 heteroatoms. The highest BCUT2D eigenvalue weighted by molar-refractivity contribution is 8.01. The van der Waals surface area contributed by atoms with Crippen molar-refractivity contribution in [1.82, 2.24) is 9.62 Å². The average molecular weight is 359 g/mol. The fourth-order valence-corrected chi connectivity index (χ4v) is 7.54. The molecule has 0 spiro atoms. The first-order valence-electron chi connectivity index (χ1n) is 7.34. The van der Waals surface area contributed by atoms with E-state index in [-0.39, 0.29) is 11.5 Å². The van der Waals surface area contributed by atoms with Crippen molar-refractivity contribution in [2.75, 3.05) is 42.6 Å². The number of hydrogen-bond acceptors (Lipinski definition) is 6. The van der Waals surface area contributed by atoms with Crippen molar-refractivity contribution in [2.45, 2.75) is 32.1 Å². The van der Waals surface area contributed by atoms with Crippen LogP contribution >= 0.6 is 11.8 Å². The SMILES string of the molecule is CCCNCCCS(=O)(=O)N1CCSCC1S(=O)(=O)CC. The monoisotopic (exact) mass is 358 g/mol. The van der Waals surface area contributed by atoms with Crippen molar-refractivity contribution >= 4 is 31.6 Å². The molecule has 1 unspecified atom stereocenters. The molecule has 21 heavy (non-hydrogen) atoms. The lowest BCUT2D eigenvalue weighted by Gasteiger charge is -2.33. The van der Waals surface area contributed by atoms with Crippen molar-refractivity contribution in [1.29, 1.82) is 0 Å². The Balaban J connectivity index is 2.70. The Kier molecular flexibility index (Phi) is 7.97. The molecule has 0 amide bonds. The zero-order chi connectivity index (χ0) is 15.9. The number of rotatable bonds is 9. The number of thioether (sulfide) groups is 1. The maximum absolute atomic E-state index is 12.4. The van der Waals surface area contributed by atoms with Gasteiger partial charge in [0.05, 0.1) is 5.75 Å². The predicted molar refractivity (Wildman–Crippen MR) is 88.8 cm³/mol. The van der Waals surface area contributed by atoms with Gasteiger partial charge in [-0.05, 0) is 25.9 Å². The summed E-state index contributed by atoms with van der Waals surface area (Å²) in [6.07, 6.45) is 1.51. The molecule has 0 aromatic rings. The molecule has 0 bridgehead atoms. The Morgan fingerprint density at radius 1 is 1.19 bits per heavy atom. The highest BCUT2D eigenvalue weighted by atomic mass is 32.2. The van der Waals surface area contributed by atoms with Gasteiger partial charge in [0.15, 0.2) is 9.84 Å². The molecule has 1 aliphatic heterocycles. The van der Waals surface area contributed by atoms with Crippen LogP contribution in [-0.2, 0) is 19.9 Å². The summed E-state index contributed by atoms with van der Waals surface area (Å²) in [6.45, 7) is 5.41. The highest BCUT2D eigenvalue weighted by Crippen LogP contribution is 2.24. The lowest BCUT2D eigenvalue weighted by atomic mass is 10.4. The maximum Gasteiger partial charge on any atom is 0.215 e. The van der Waals surface area contributed by atoms with Crippen LogP contribution in [0.1, 0.15) is 26.7 Å². The van der Waals surface area contributed by atoms with Crippen LogP contribution in [0.4, 0.5) is 0 Å². The molecule has 1 fully saturated rings. The highest BCUT2D eigenvalue weighted by Gasteiger charge is 2.39. The second kappa shape index (κ2) is 8.71. The molecular weight excluding hydrogens is 332 g/mol. The number of hydrogen-bond donors (Lipinski definition) is 1. The zero-order valence-electron chi connectivity index (χ0n) is 12.7. The quantitative estimate of drug-likeness (QED) is 0.605. The third kappa shape index (κ3) is 5.70. The summed E-state index contributed by atoms with van der Waals surface area (Å²) < 4.78 is 50.2. The van der Waals surface area contributed by atoms with Crippen LogP contribution in [0.25, 0.3) is 0 Å². The van der Waals surface area contributed by atoms with E-state index >= 15 is 0 Å². The molecule has 0 aliphatic carbocycles. The van der Waals surface area contributed by atoms with E-state index in [0.29, 0.717) is 31.0 Å². The summed E-state index contributed by atoms with van der Waals surface area (Å²) in [5.41, 5.74) is 0. The van der Waals surface area contributed by atoms with Crippen molar-refractivity contribution in [3.05, 3.63) is 0 Å². The minimum absolute atomic E-state index is 0.00408. The summed E-state index contributed by atoms with van der Waals surface area (Å²) >= 11 is 1.50. The molecule has 0 aromatic carbocycles. The van der Waals surface area contributed by atoms with E-state index in [1.54, 1.807) is 6.92 Å². The summed E-state index contributed by atoms with van der Waals surface area (Å²) in [4.78, 5) is 0. The molecule has 1 saturated heterocycles. The third-order valence-corrected chi connectivity index (χ3v) is 8.77. The Bertz CT molecular complexity index is 505. The van der Waals surface area contributed by atoms with Crippen LogP contribution in [-0.4, -0.2) is 69.2 Å². The molecule has 6 nitrogen and oxygen atoms in total. The molecule has 1 rings (SSSR count). The van der Waals surface area contributed by atoms with Crippen LogP contribution in [0.15, 0.2) is 0 Å². The fourth-order valence-electron chi connectivity index (χ4n) is 2.16. The van der Waals surface area contributed by atoms with E-state index in [1.807, 2.05) is 0 Å². The van der Waals surface area contributed by atoms with Gasteiger partial charge in [-0.2, -0.15) is 16.1 Å². The summed E-state index contributed by atoms with van der Waals surface area (Å²) in [5, 5.41) is 2.26. The number of sulfonamides is 1. The van der Waals surface area contributed by atoms with Crippen molar-refractivity contribution in [3.63, 3.8) is 0 Å². The standard InChI is InChI=1S/C12H26N2O4S3/c1-3-6-13-7-5-10-21(17,18)14-8-9-19-11-12(14)20(15,16)4-2/h12-13H,3-11H2,1-2H3.